The lowest BCUT2D eigenvalue weighted by Gasteiger charge is -2.21. The van der Waals surface area contributed by atoms with Crippen molar-refractivity contribution in [3.63, 3.8) is 0 Å². The molecule has 0 aromatic heterocycles. The van der Waals surface area contributed by atoms with Crippen LogP contribution in [0.5, 0.6) is 0 Å². The van der Waals surface area contributed by atoms with Gasteiger partial charge in [0, 0.05) is 13.1 Å². The fraction of sp³-hybridized carbons (Fsp3) is 1.00. The van der Waals surface area contributed by atoms with Crippen molar-refractivity contribution in [3.05, 3.63) is 0 Å². The smallest absolute Gasteiger partial charge is 0.0109 e. The summed E-state index contributed by atoms with van der Waals surface area (Å²) in [4.78, 5) is 5.25. The van der Waals surface area contributed by atoms with Gasteiger partial charge >= 0.3 is 0 Å². The Morgan fingerprint density at radius 2 is 1.39 bits per heavy atom. The van der Waals surface area contributed by atoms with E-state index in [4.69, 9.17) is 5.73 Å². The number of hydrogen-bond donors (Lipinski definition) is 1. The first-order valence-corrected chi connectivity index (χ1v) is 8.01. The highest BCUT2D eigenvalue weighted by molar-refractivity contribution is 4.69. The van der Waals surface area contributed by atoms with Crippen LogP contribution in [-0.4, -0.2) is 55.6 Å². The van der Waals surface area contributed by atoms with Crippen LogP contribution in [0.1, 0.15) is 51.9 Å². The summed E-state index contributed by atoms with van der Waals surface area (Å²) in [5.41, 5.74) is 5.58. The van der Waals surface area contributed by atoms with Crippen LogP contribution >= 0.6 is 0 Å². The molecule has 3 nitrogen and oxygen atoms in total. The lowest BCUT2D eigenvalue weighted by molar-refractivity contribution is 0.252. The highest BCUT2D eigenvalue weighted by Crippen LogP contribution is 2.07. The number of nitrogens with zero attached hydrogens (tertiary/aromatic N) is 2. The van der Waals surface area contributed by atoms with Crippen molar-refractivity contribution < 1.29 is 0 Å². The largest absolute Gasteiger partial charge is 0.330 e. The predicted octanol–water partition coefficient (Wildman–Crippen LogP) is 2.31. The van der Waals surface area contributed by atoms with Gasteiger partial charge in [-0.1, -0.05) is 32.6 Å². The molecule has 0 aromatic rings. The van der Waals surface area contributed by atoms with Crippen molar-refractivity contribution in [3.8, 4) is 0 Å². The quantitative estimate of drug-likeness (QED) is 0.642. The van der Waals surface area contributed by atoms with E-state index in [2.05, 4.69) is 16.7 Å². The molecule has 1 aliphatic heterocycles. The number of rotatable bonds is 9. The Bertz CT molecular complexity index is 185. The zero-order valence-corrected chi connectivity index (χ0v) is 12.4. The maximum absolute atomic E-state index is 5.58. The summed E-state index contributed by atoms with van der Waals surface area (Å²) in [6.07, 6.45) is 9.47. The maximum Gasteiger partial charge on any atom is 0.0109 e. The molecule has 18 heavy (non-hydrogen) atoms. The summed E-state index contributed by atoms with van der Waals surface area (Å²) in [6, 6.07) is 0. The topological polar surface area (TPSA) is 32.5 Å². The molecule has 0 radical (unpaired) electrons. The molecule has 2 N–H and O–H groups in total. The Morgan fingerprint density at radius 3 is 2.00 bits per heavy atom. The normalized spacial score (nSPS) is 19.0. The highest BCUT2D eigenvalue weighted by atomic mass is 15.2. The van der Waals surface area contributed by atoms with Gasteiger partial charge in [0.25, 0.3) is 0 Å². The van der Waals surface area contributed by atoms with Crippen molar-refractivity contribution in [2.75, 3.05) is 45.8 Å². The maximum atomic E-state index is 5.58. The van der Waals surface area contributed by atoms with Crippen LogP contribution in [0.4, 0.5) is 0 Å². The molecule has 3 heteroatoms. The molecule has 0 aromatic carbocycles. The van der Waals surface area contributed by atoms with Gasteiger partial charge in [0.05, 0.1) is 0 Å². The van der Waals surface area contributed by atoms with Gasteiger partial charge in [-0.3, -0.25) is 0 Å². The van der Waals surface area contributed by atoms with E-state index in [0.717, 1.165) is 13.0 Å². The van der Waals surface area contributed by atoms with E-state index in [1.807, 2.05) is 0 Å². The molecular weight excluding hydrogens is 222 g/mol. The van der Waals surface area contributed by atoms with Gasteiger partial charge in [-0.2, -0.15) is 0 Å². The zero-order valence-electron chi connectivity index (χ0n) is 12.4. The van der Waals surface area contributed by atoms with Gasteiger partial charge < -0.3 is 15.5 Å². The lowest BCUT2D eigenvalue weighted by atomic mass is 10.1. The van der Waals surface area contributed by atoms with Gasteiger partial charge in [0.1, 0.15) is 0 Å². The van der Waals surface area contributed by atoms with Gasteiger partial charge in [-0.15, -0.1) is 0 Å². The molecule has 1 heterocycles. The summed E-state index contributed by atoms with van der Waals surface area (Å²) >= 11 is 0. The van der Waals surface area contributed by atoms with Crippen LogP contribution < -0.4 is 5.73 Å². The molecule has 0 bridgehead atoms. The van der Waals surface area contributed by atoms with Crippen LogP contribution in [0.15, 0.2) is 0 Å². The van der Waals surface area contributed by atoms with Crippen LogP contribution in [0.3, 0.4) is 0 Å². The van der Waals surface area contributed by atoms with Crippen LogP contribution in [-0.2, 0) is 0 Å². The second-order valence-electron chi connectivity index (χ2n) is 5.59. The SMILES string of the molecule is CCCCCCCN1CCCN(CCCN)CC1. The first-order chi connectivity index (χ1) is 8.86. The molecule has 0 atom stereocenters. The summed E-state index contributed by atoms with van der Waals surface area (Å²) in [5, 5.41) is 0. The minimum Gasteiger partial charge on any atom is -0.330 e. The van der Waals surface area contributed by atoms with Gasteiger partial charge in [0.15, 0.2) is 0 Å². The molecule has 0 spiro atoms. The molecule has 1 aliphatic rings. The summed E-state index contributed by atoms with van der Waals surface area (Å²) in [5.74, 6) is 0. The molecule has 1 fully saturated rings. The van der Waals surface area contributed by atoms with Gasteiger partial charge in [-0.05, 0) is 52.0 Å². The first-order valence-electron chi connectivity index (χ1n) is 8.01. The minimum atomic E-state index is 0.831. The Hall–Kier alpha value is -0.120. The van der Waals surface area contributed by atoms with Crippen LogP contribution in [0.25, 0.3) is 0 Å². The third-order valence-corrected chi connectivity index (χ3v) is 3.94. The Balaban J connectivity index is 2.05. The number of nitrogens with two attached hydrogens (primary N) is 1. The monoisotopic (exact) mass is 255 g/mol. The average Bonchev–Trinajstić information content (AvgIpc) is 2.61. The molecule has 0 amide bonds. The van der Waals surface area contributed by atoms with E-state index in [0.29, 0.717) is 0 Å². The number of unbranched alkanes of at least 4 members (excludes halogenated alkanes) is 4. The van der Waals surface area contributed by atoms with Gasteiger partial charge in [-0.25, -0.2) is 0 Å². The van der Waals surface area contributed by atoms with E-state index in [-0.39, 0.29) is 0 Å². The van der Waals surface area contributed by atoms with Crippen molar-refractivity contribution >= 4 is 0 Å². The van der Waals surface area contributed by atoms with Crippen molar-refractivity contribution in [1.82, 2.24) is 9.80 Å². The molecule has 1 saturated heterocycles. The van der Waals surface area contributed by atoms with Crippen LogP contribution in [0.2, 0.25) is 0 Å². The molecule has 1 rings (SSSR count). The Kier molecular flexibility index (Phi) is 9.54. The lowest BCUT2D eigenvalue weighted by Crippen LogP contribution is -2.32. The van der Waals surface area contributed by atoms with E-state index >= 15 is 0 Å². The fourth-order valence-electron chi connectivity index (χ4n) is 2.73. The third kappa shape index (κ3) is 7.34. The van der Waals surface area contributed by atoms with Crippen molar-refractivity contribution in [1.29, 1.82) is 0 Å². The van der Waals surface area contributed by atoms with Gasteiger partial charge in [0.2, 0.25) is 0 Å². The van der Waals surface area contributed by atoms with E-state index in [1.165, 1.54) is 77.8 Å². The number of hydrogen-bond acceptors (Lipinski definition) is 3. The summed E-state index contributed by atoms with van der Waals surface area (Å²) in [6.45, 7) is 10.7. The second-order valence-corrected chi connectivity index (χ2v) is 5.59. The molecule has 0 unspecified atom stereocenters. The highest BCUT2D eigenvalue weighted by Gasteiger charge is 2.13. The van der Waals surface area contributed by atoms with E-state index in [9.17, 15) is 0 Å². The average molecular weight is 255 g/mol. The zero-order chi connectivity index (χ0) is 13.1. The summed E-state index contributed by atoms with van der Waals surface area (Å²) in [7, 11) is 0. The Morgan fingerprint density at radius 1 is 0.778 bits per heavy atom. The molecular formula is C15H33N3. The van der Waals surface area contributed by atoms with Crippen molar-refractivity contribution in [2.45, 2.75) is 51.9 Å². The van der Waals surface area contributed by atoms with Crippen molar-refractivity contribution in [2.24, 2.45) is 5.73 Å². The predicted molar refractivity (Wildman–Crippen MR) is 79.9 cm³/mol. The van der Waals surface area contributed by atoms with E-state index < -0.39 is 0 Å². The molecule has 0 aliphatic carbocycles. The molecule has 108 valence electrons. The van der Waals surface area contributed by atoms with E-state index in [1.54, 1.807) is 0 Å². The first kappa shape index (κ1) is 15.9. The standard InChI is InChI=1S/C15H33N3/c1-2-3-4-5-6-10-17-12-8-13-18(15-14-17)11-7-9-16/h2-16H2,1H3. The second kappa shape index (κ2) is 10.8. The summed E-state index contributed by atoms with van der Waals surface area (Å²) < 4.78 is 0. The van der Waals surface area contributed by atoms with Crippen LogP contribution in [0, 0.1) is 0 Å². The third-order valence-electron chi connectivity index (χ3n) is 3.94. The Labute approximate surface area is 114 Å². The minimum absolute atomic E-state index is 0.831. The fourth-order valence-corrected chi connectivity index (χ4v) is 2.73. The molecule has 0 saturated carbocycles.